The summed E-state index contributed by atoms with van der Waals surface area (Å²) in [4.78, 5) is 23.1. The number of carbonyl (C=O) groups excluding carboxylic acids is 1. The lowest BCUT2D eigenvalue weighted by molar-refractivity contribution is -0.141. The van der Waals surface area contributed by atoms with Crippen LogP contribution in [0.2, 0.25) is 5.02 Å². The van der Waals surface area contributed by atoms with Crippen molar-refractivity contribution in [1.29, 1.82) is 0 Å². The number of hydrogen-bond acceptors (Lipinski definition) is 7. The predicted octanol–water partition coefficient (Wildman–Crippen LogP) is 2.18. The average Bonchev–Trinajstić information content (AvgIpc) is 2.64. The van der Waals surface area contributed by atoms with Crippen molar-refractivity contribution in [2.45, 2.75) is 31.7 Å². The fraction of sp³-hybridized carbons (Fsp3) is 0.389. The molecule has 1 aliphatic rings. The van der Waals surface area contributed by atoms with E-state index in [0.717, 1.165) is 17.8 Å². The SMILES string of the molecule is CCc1c(N)ncnc1N1CCC(N)(C(=O)Oc2ccccc2Cl)CC1. The molecule has 138 valence electrons. The summed E-state index contributed by atoms with van der Waals surface area (Å²) in [7, 11) is 0. The number of piperidine rings is 1. The lowest BCUT2D eigenvalue weighted by Gasteiger charge is -2.38. The molecule has 0 radical (unpaired) electrons. The molecule has 0 amide bonds. The maximum Gasteiger partial charge on any atom is 0.331 e. The number of hydrogen-bond donors (Lipinski definition) is 2. The summed E-state index contributed by atoms with van der Waals surface area (Å²) in [6.07, 6.45) is 3.09. The van der Waals surface area contributed by atoms with Crippen LogP contribution < -0.4 is 21.1 Å². The van der Waals surface area contributed by atoms with Gasteiger partial charge in [-0.1, -0.05) is 30.7 Å². The topological polar surface area (TPSA) is 107 Å². The molecule has 1 aromatic carbocycles. The van der Waals surface area contributed by atoms with Crippen LogP contribution in [-0.2, 0) is 11.2 Å². The number of halogens is 1. The minimum absolute atomic E-state index is 0.322. The molecule has 1 saturated heterocycles. The Morgan fingerprint density at radius 3 is 2.65 bits per heavy atom. The van der Waals surface area contributed by atoms with Crippen molar-refractivity contribution in [1.82, 2.24) is 9.97 Å². The molecule has 0 saturated carbocycles. The molecule has 2 heterocycles. The van der Waals surface area contributed by atoms with E-state index in [2.05, 4.69) is 14.9 Å². The van der Waals surface area contributed by atoms with Gasteiger partial charge in [-0.2, -0.15) is 0 Å². The van der Waals surface area contributed by atoms with Gasteiger partial charge in [0, 0.05) is 18.7 Å². The van der Waals surface area contributed by atoms with Crippen LogP contribution in [0.5, 0.6) is 5.75 Å². The highest BCUT2D eigenvalue weighted by atomic mass is 35.5. The van der Waals surface area contributed by atoms with E-state index in [1.807, 2.05) is 6.92 Å². The number of ether oxygens (including phenoxy) is 1. The van der Waals surface area contributed by atoms with Gasteiger partial charge in [-0.15, -0.1) is 0 Å². The third kappa shape index (κ3) is 3.59. The second-order valence-corrected chi connectivity index (χ2v) is 6.78. The van der Waals surface area contributed by atoms with Crippen LogP contribution in [-0.4, -0.2) is 34.6 Å². The van der Waals surface area contributed by atoms with E-state index in [1.54, 1.807) is 24.3 Å². The van der Waals surface area contributed by atoms with Crippen LogP contribution in [0.25, 0.3) is 0 Å². The number of esters is 1. The molecule has 0 bridgehead atoms. The predicted molar refractivity (Wildman–Crippen MR) is 101 cm³/mol. The second-order valence-electron chi connectivity index (χ2n) is 6.38. The molecule has 0 unspecified atom stereocenters. The highest BCUT2D eigenvalue weighted by Gasteiger charge is 2.40. The Bertz CT molecular complexity index is 806. The van der Waals surface area contributed by atoms with Gasteiger partial charge in [-0.3, -0.25) is 0 Å². The van der Waals surface area contributed by atoms with Gasteiger partial charge in [0.25, 0.3) is 0 Å². The third-order valence-corrected chi connectivity index (χ3v) is 5.02. The van der Waals surface area contributed by atoms with Gasteiger partial charge >= 0.3 is 5.97 Å². The Morgan fingerprint density at radius 1 is 1.31 bits per heavy atom. The second kappa shape index (κ2) is 7.47. The van der Waals surface area contributed by atoms with Gasteiger partial charge in [-0.05, 0) is 31.4 Å². The fourth-order valence-corrected chi connectivity index (χ4v) is 3.25. The third-order valence-electron chi connectivity index (χ3n) is 4.71. The zero-order chi connectivity index (χ0) is 18.7. The molecule has 3 rings (SSSR count). The van der Waals surface area contributed by atoms with Crippen LogP contribution in [0.3, 0.4) is 0 Å². The van der Waals surface area contributed by atoms with E-state index in [4.69, 9.17) is 27.8 Å². The Kier molecular flexibility index (Phi) is 5.29. The monoisotopic (exact) mass is 375 g/mol. The van der Waals surface area contributed by atoms with Crippen LogP contribution in [0.4, 0.5) is 11.6 Å². The van der Waals surface area contributed by atoms with Gasteiger partial charge in [0.1, 0.15) is 29.3 Å². The van der Waals surface area contributed by atoms with Crippen molar-refractivity contribution in [2.24, 2.45) is 5.73 Å². The van der Waals surface area contributed by atoms with Crippen molar-refractivity contribution >= 4 is 29.2 Å². The normalized spacial score (nSPS) is 16.3. The van der Waals surface area contributed by atoms with E-state index in [1.165, 1.54) is 6.33 Å². The summed E-state index contributed by atoms with van der Waals surface area (Å²) in [5.74, 6) is 1.15. The standard InChI is InChI=1S/C18H22ClN5O2/c1-2-12-15(20)22-11-23-16(12)24-9-7-18(21,8-10-24)17(25)26-14-6-4-3-5-13(14)19/h3-6,11H,2,7-10,21H2,1H3,(H2,20,22,23). The molecule has 1 aliphatic heterocycles. The first kappa shape index (κ1) is 18.4. The zero-order valence-corrected chi connectivity index (χ0v) is 15.4. The van der Waals surface area contributed by atoms with Gasteiger partial charge in [0.2, 0.25) is 0 Å². The minimum Gasteiger partial charge on any atom is -0.424 e. The highest BCUT2D eigenvalue weighted by Crippen LogP contribution is 2.30. The number of nitrogens with zero attached hydrogens (tertiary/aromatic N) is 3. The molecule has 0 atom stereocenters. The largest absolute Gasteiger partial charge is 0.424 e. The van der Waals surface area contributed by atoms with Crippen molar-refractivity contribution in [3.05, 3.63) is 41.2 Å². The van der Waals surface area contributed by atoms with Crippen molar-refractivity contribution in [3.63, 3.8) is 0 Å². The first-order valence-electron chi connectivity index (χ1n) is 8.54. The number of nitrogen functional groups attached to an aromatic ring is 1. The van der Waals surface area contributed by atoms with E-state index in [9.17, 15) is 4.79 Å². The number of rotatable bonds is 4. The average molecular weight is 376 g/mol. The van der Waals surface area contributed by atoms with Crippen molar-refractivity contribution in [3.8, 4) is 5.75 Å². The Hall–Kier alpha value is -2.38. The summed E-state index contributed by atoms with van der Waals surface area (Å²) < 4.78 is 5.43. The number of para-hydroxylation sites is 1. The highest BCUT2D eigenvalue weighted by molar-refractivity contribution is 6.32. The summed E-state index contributed by atoms with van der Waals surface area (Å²) in [6, 6.07) is 6.85. The van der Waals surface area contributed by atoms with Crippen LogP contribution in [0.15, 0.2) is 30.6 Å². The van der Waals surface area contributed by atoms with Gasteiger partial charge in [0.15, 0.2) is 0 Å². The van der Waals surface area contributed by atoms with E-state index >= 15 is 0 Å². The Labute approximate surface area is 157 Å². The van der Waals surface area contributed by atoms with E-state index in [-0.39, 0.29) is 0 Å². The fourth-order valence-electron chi connectivity index (χ4n) is 3.08. The van der Waals surface area contributed by atoms with Crippen LogP contribution in [0.1, 0.15) is 25.3 Å². The minimum atomic E-state index is -1.05. The number of anilines is 2. The summed E-state index contributed by atoms with van der Waals surface area (Å²) >= 11 is 6.05. The van der Waals surface area contributed by atoms with Crippen molar-refractivity contribution < 1.29 is 9.53 Å². The smallest absolute Gasteiger partial charge is 0.331 e. The molecule has 0 spiro atoms. The summed E-state index contributed by atoms with van der Waals surface area (Å²) in [5.41, 5.74) is 12.1. The molecule has 7 nitrogen and oxygen atoms in total. The van der Waals surface area contributed by atoms with Crippen LogP contribution in [0, 0.1) is 0 Å². The first-order chi connectivity index (χ1) is 12.4. The molecule has 1 fully saturated rings. The number of aromatic nitrogens is 2. The molecular formula is C18H22ClN5O2. The lowest BCUT2D eigenvalue weighted by atomic mass is 9.88. The first-order valence-corrected chi connectivity index (χ1v) is 8.92. The summed E-state index contributed by atoms with van der Waals surface area (Å²) in [6.45, 7) is 3.17. The molecule has 26 heavy (non-hydrogen) atoms. The maximum absolute atomic E-state index is 12.6. The number of benzene rings is 1. The van der Waals surface area contributed by atoms with E-state index in [0.29, 0.717) is 42.5 Å². The zero-order valence-electron chi connectivity index (χ0n) is 14.6. The Morgan fingerprint density at radius 2 is 2.00 bits per heavy atom. The molecule has 8 heteroatoms. The van der Waals surface area contributed by atoms with Crippen molar-refractivity contribution in [2.75, 3.05) is 23.7 Å². The number of carbonyl (C=O) groups is 1. The summed E-state index contributed by atoms with van der Waals surface area (Å²) in [5, 5.41) is 0.380. The van der Waals surface area contributed by atoms with E-state index < -0.39 is 11.5 Å². The maximum atomic E-state index is 12.6. The van der Waals surface area contributed by atoms with Gasteiger partial charge in [0.05, 0.1) is 5.02 Å². The molecule has 0 aliphatic carbocycles. The molecular weight excluding hydrogens is 354 g/mol. The lowest BCUT2D eigenvalue weighted by Crippen LogP contribution is -2.57. The number of nitrogens with two attached hydrogens (primary N) is 2. The molecule has 2 aromatic rings. The molecule has 1 aromatic heterocycles. The Balaban J connectivity index is 1.70. The van der Waals surface area contributed by atoms with Gasteiger partial charge < -0.3 is 21.1 Å². The van der Waals surface area contributed by atoms with Crippen LogP contribution >= 0.6 is 11.6 Å². The molecule has 4 N–H and O–H groups in total. The quantitative estimate of drug-likeness (QED) is 0.622. The van der Waals surface area contributed by atoms with Gasteiger partial charge in [-0.25, -0.2) is 14.8 Å².